The Hall–Kier alpha value is -3.68. The standard InChI is InChI=1S/C22H23N5O3/c28-20(24-11-8-16-5-3-4-10-23-16)13-19-21(29)27(22(30)26-19)12-9-15-14-25-18-7-2-1-6-17(15)18/h1-7,10,14,19,25H,8-9,11-13H2,(H,24,28)(H,26,30)/t19-/m1/s1. The smallest absolute Gasteiger partial charge is 0.324 e. The molecule has 4 rings (SSSR count). The maximum Gasteiger partial charge on any atom is 0.324 e. The van der Waals surface area contributed by atoms with Gasteiger partial charge in [0.25, 0.3) is 5.91 Å². The van der Waals surface area contributed by atoms with Gasteiger partial charge in [0, 0.05) is 48.5 Å². The molecule has 0 radical (unpaired) electrons. The molecule has 3 N–H and O–H groups in total. The zero-order valence-electron chi connectivity index (χ0n) is 16.4. The van der Waals surface area contributed by atoms with Gasteiger partial charge in [-0.3, -0.25) is 19.5 Å². The third-order valence-electron chi connectivity index (χ3n) is 5.21. The quantitative estimate of drug-likeness (QED) is 0.497. The van der Waals surface area contributed by atoms with Crippen molar-refractivity contribution in [2.24, 2.45) is 0 Å². The average Bonchev–Trinajstić information content (AvgIpc) is 3.28. The molecule has 8 heteroatoms. The first-order valence-electron chi connectivity index (χ1n) is 9.95. The molecule has 1 aliphatic heterocycles. The highest BCUT2D eigenvalue weighted by atomic mass is 16.2. The summed E-state index contributed by atoms with van der Waals surface area (Å²) in [5, 5.41) is 6.47. The van der Waals surface area contributed by atoms with Crippen LogP contribution in [0, 0.1) is 0 Å². The summed E-state index contributed by atoms with van der Waals surface area (Å²) in [5.41, 5.74) is 2.94. The Morgan fingerprint density at radius 2 is 1.93 bits per heavy atom. The summed E-state index contributed by atoms with van der Waals surface area (Å²) in [7, 11) is 0. The van der Waals surface area contributed by atoms with Crippen molar-refractivity contribution in [2.45, 2.75) is 25.3 Å². The van der Waals surface area contributed by atoms with Crippen LogP contribution in [0.15, 0.2) is 54.9 Å². The van der Waals surface area contributed by atoms with Crippen LogP contribution in [0.2, 0.25) is 0 Å². The van der Waals surface area contributed by atoms with Gasteiger partial charge in [-0.05, 0) is 30.2 Å². The predicted octanol–water partition coefficient (Wildman–Crippen LogP) is 1.77. The number of aromatic amines is 1. The van der Waals surface area contributed by atoms with E-state index >= 15 is 0 Å². The molecule has 3 heterocycles. The second-order valence-electron chi connectivity index (χ2n) is 7.23. The molecule has 1 atom stereocenters. The van der Waals surface area contributed by atoms with E-state index in [1.54, 1.807) is 6.20 Å². The third kappa shape index (κ3) is 4.32. The number of pyridine rings is 1. The highest BCUT2D eigenvalue weighted by Gasteiger charge is 2.38. The molecule has 0 aliphatic carbocycles. The zero-order chi connectivity index (χ0) is 20.9. The van der Waals surface area contributed by atoms with Gasteiger partial charge >= 0.3 is 6.03 Å². The van der Waals surface area contributed by atoms with Crippen molar-refractivity contribution < 1.29 is 14.4 Å². The number of fused-ring (bicyclic) bond motifs is 1. The molecule has 0 saturated carbocycles. The number of H-pyrrole nitrogens is 1. The summed E-state index contributed by atoms with van der Waals surface area (Å²) in [6.07, 6.45) is 4.68. The van der Waals surface area contributed by atoms with E-state index in [0.717, 1.165) is 22.2 Å². The molecule has 3 aromatic rings. The summed E-state index contributed by atoms with van der Waals surface area (Å²) < 4.78 is 0. The van der Waals surface area contributed by atoms with E-state index in [0.29, 0.717) is 19.4 Å². The number of nitrogens with zero attached hydrogens (tertiary/aromatic N) is 2. The van der Waals surface area contributed by atoms with Crippen LogP contribution in [0.3, 0.4) is 0 Å². The van der Waals surface area contributed by atoms with Gasteiger partial charge < -0.3 is 15.6 Å². The lowest BCUT2D eigenvalue weighted by Gasteiger charge is -2.12. The summed E-state index contributed by atoms with van der Waals surface area (Å²) >= 11 is 0. The van der Waals surface area contributed by atoms with Crippen molar-refractivity contribution in [3.63, 3.8) is 0 Å². The molecule has 154 valence electrons. The summed E-state index contributed by atoms with van der Waals surface area (Å²) in [4.78, 5) is 45.6. The molecule has 1 saturated heterocycles. The first-order valence-corrected chi connectivity index (χ1v) is 9.95. The van der Waals surface area contributed by atoms with Crippen LogP contribution in [0.1, 0.15) is 17.7 Å². The number of hydrogen-bond acceptors (Lipinski definition) is 4. The Bertz CT molecular complexity index is 1060. The second kappa shape index (κ2) is 8.77. The lowest BCUT2D eigenvalue weighted by Crippen LogP contribution is -2.37. The molecular weight excluding hydrogens is 382 g/mol. The summed E-state index contributed by atoms with van der Waals surface area (Å²) in [5.74, 6) is -0.636. The van der Waals surface area contributed by atoms with E-state index < -0.39 is 12.1 Å². The Labute approximate surface area is 173 Å². The molecule has 4 amide bonds. The zero-order valence-corrected chi connectivity index (χ0v) is 16.4. The fourth-order valence-electron chi connectivity index (χ4n) is 3.63. The topological polar surface area (TPSA) is 107 Å². The van der Waals surface area contributed by atoms with Crippen molar-refractivity contribution >= 4 is 28.7 Å². The normalized spacial score (nSPS) is 16.1. The number of amides is 4. The van der Waals surface area contributed by atoms with Crippen molar-refractivity contribution in [3.05, 3.63) is 66.1 Å². The Kier molecular flexibility index (Phi) is 5.74. The highest BCUT2D eigenvalue weighted by molar-refractivity contribution is 6.05. The minimum Gasteiger partial charge on any atom is -0.361 e. The molecule has 1 aromatic carbocycles. The number of aromatic nitrogens is 2. The lowest BCUT2D eigenvalue weighted by atomic mass is 10.1. The van der Waals surface area contributed by atoms with Gasteiger partial charge in [0.2, 0.25) is 5.91 Å². The fraction of sp³-hybridized carbons (Fsp3) is 0.273. The molecule has 1 fully saturated rings. The van der Waals surface area contributed by atoms with E-state index in [2.05, 4.69) is 20.6 Å². The van der Waals surface area contributed by atoms with Gasteiger partial charge in [-0.1, -0.05) is 24.3 Å². The van der Waals surface area contributed by atoms with Gasteiger partial charge in [-0.15, -0.1) is 0 Å². The van der Waals surface area contributed by atoms with Crippen LogP contribution in [0.4, 0.5) is 4.79 Å². The van der Waals surface area contributed by atoms with Crippen molar-refractivity contribution in [1.82, 2.24) is 25.5 Å². The number of benzene rings is 1. The van der Waals surface area contributed by atoms with Crippen LogP contribution in [0.5, 0.6) is 0 Å². The monoisotopic (exact) mass is 405 g/mol. The van der Waals surface area contributed by atoms with E-state index in [-0.39, 0.29) is 24.8 Å². The fourth-order valence-corrected chi connectivity index (χ4v) is 3.63. The van der Waals surface area contributed by atoms with Crippen LogP contribution < -0.4 is 10.6 Å². The molecule has 0 bridgehead atoms. The largest absolute Gasteiger partial charge is 0.361 e. The van der Waals surface area contributed by atoms with Gasteiger partial charge in [-0.2, -0.15) is 0 Å². The minimum atomic E-state index is -0.824. The van der Waals surface area contributed by atoms with E-state index in [1.165, 1.54) is 4.90 Å². The molecule has 30 heavy (non-hydrogen) atoms. The Morgan fingerprint density at radius 3 is 2.77 bits per heavy atom. The highest BCUT2D eigenvalue weighted by Crippen LogP contribution is 2.19. The summed E-state index contributed by atoms with van der Waals surface area (Å²) in [6.45, 7) is 0.694. The third-order valence-corrected chi connectivity index (χ3v) is 5.21. The second-order valence-corrected chi connectivity index (χ2v) is 7.23. The number of para-hydroxylation sites is 1. The molecule has 2 aromatic heterocycles. The van der Waals surface area contributed by atoms with E-state index in [1.807, 2.05) is 48.7 Å². The first-order chi connectivity index (χ1) is 14.6. The van der Waals surface area contributed by atoms with Crippen molar-refractivity contribution in [2.75, 3.05) is 13.1 Å². The van der Waals surface area contributed by atoms with Gasteiger partial charge in [0.15, 0.2) is 0 Å². The Balaban J connectivity index is 1.27. The molecule has 0 unspecified atom stereocenters. The Morgan fingerprint density at radius 1 is 1.10 bits per heavy atom. The number of nitrogens with one attached hydrogen (secondary N) is 3. The van der Waals surface area contributed by atoms with Crippen LogP contribution in [0.25, 0.3) is 10.9 Å². The van der Waals surface area contributed by atoms with Crippen LogP contribution in [-0.2, 0) is 22.4 Å². The molecule has 1 aliphatic rings. The molecular formula is C22H23N5O3. The first kappa shape index (κ1) is 19.6. The van der Waals surface area contributed by atoms with Crippen molar-refractivity contribution in [1.29, 1.82) is 0 Å². The maximum absolute atomic E-state index is 12.6. The predicted molar refractivity (Wildman–Crippen MR) is 112 cm³/mol. The van der Waals surface area contributed by atoms with Crippen LogP contribution >= 0.6 is 0 Å². The van der Waals surface area contributed by atoms with E-state index in [9.17, 15) is 14.4 Å². The number of carbonyl (C=O) groups excluding carboxylic acids is 3. The lowest BCUT2D eigenvalue weighted by molar-refractivity contribution is -0.130. The van der Waals surface area contributed by atoms with Crippen molar-refractivity contribution in [3.8, 4) is 0 Å². The maximum atomic E-state index is 12.6. The number of imide groups is 1. The number of urea groups is 1. The van der Waals surface area contributed by atoms with Gasteiger partial charge in [-0.25, -0.2) is 4.79 Å². The van der Waals surface area contributed by atoms with E-state index in [4.69, 9.17) is 0 Å². The number of hydrogen-bond donors (Lipinski definition) is 3. The average molecular weight is 405 g/mol. The van der Waals surface area contributed by atoms with Gasteiger partial charge in [0.05, 0.1) is 6.42 Å². The number of rotatable bonds is 8. The molecule has 8 nitrogen and oxygen atoms in total. The van der Waals surface area contributed by atoms with Gasteiger partial charge in [0.1, 0.15) is 6.04 Å². The summed E-state index contributed by atoms with van der Waals surface area (Å²) in [6, 6.07) is 12.2. The number of carbonyl (C=O) groups is 3. The minimum absolute atomic E-state index is 0.0730. The van der Waals surface area contributed by atoms with Crippen LogP contribution in [-0.4, -0.2) is 51.8 Å². The SMILES string of the molecule is O=C(C[C@H]1NC(=O)N(CCc2c[nH]c3ccccc23)C1=O)NCCc1ccccn1. The molecule has 0 spiro atoms.